The monoisotopic (exact) mass is 341 g/mol. The van der Waals surface area contributed by atoms with Gasteiger partial charge in [-0.25, -0.2) is 4.79 Å². The lowest BCUT2D eigenvalue weighted by Gasteiger charge is -2.22. The summed E-state index contributed by atoms with van der Waals surface area (Å²) in [5.41, 5.74) is 0.0711. The number of ether oxygens (including phenoxy) is 2. The fourth-order valence-electron chi connectivity index (χ4n) is 2.79. The molecule has 1 aliphatic rings. The smallest absolute Gasteiger partial charge is 0.332 e. The molecule has 3 rings (SSSR count). The fourth-order valence-corrected chi connectivity index (χ4v) is 2.79. The lowest BCUT2D eigenvalue weighted by molar-refractivity contribution is -0.0447. The molecule has 0 spiro atoms. The van der Waals surface area contributed by atoms with Crippen molar-refractivity contribution >= 4 is 0 Å². The molecule has 0 radical (unpaired) electrons. The molecule has 2 aromatic rings. The third-order valence-corrected chi connectivity index (χ3v) is 4.10. The predicted octanol–water partition coefficient (Wildman–Crippen LogP) is 1.48. The highest BCUT2D eigenvalue weighted by atomic mass is 16.5. The number of hydrogen-bond acceptors (Lipinski definition) is 5. The topological polar surface area (TPSA) is 97.1 Å². The van der Waals surface area contributed by atoms with E-state index < -0.39 is 11.2 Å². The van der Waals surface area contributed by atoms with E-state index in [0.29, 0.717) is 18.9 Å². The molecular weight excluding hydrogens is 322 g/mol. The minimum Gasteiger partial charge on any atom is -0.376 e. The van der Waals surface area contributed by atoms with E-state index in [2.05, 4.69) is 4.98 Å². The summed E-state index contributed by atoms with van der Waals surface area (Å²) in [5.74, 6) is 0. The molecule has 0 amide bonds. The Hall–Kier alpha value is -2.69. The van der Waals surface area contributed by atoms with Crippen molar-refractivity contribution in [3.05, 3.63) is 62.4 Å². The highest BCUT2D eigenvalue weighted by Gasteiger charge is 2.13. The first-order chi connectivity index (χ1) is 12.2. The first-order valence-corrected chi connectivity index (χ1v) is 8.22. The Morgan fingerprint density at radius 2 is 2.24 bits per heavy atom. The number of aromatic amines is 1. The molecule has 1 aromatic carbocycles. The van der Waals surface area contributed by atoms with Crippen molar-refractivity contribution in [2.24, 2.45) is 0 Å². The van der Waals surface area contributed by atoms with Crippen LogP contribution in [-0.4, -0.2) is 28.9 Å². The van der Waals surface area contributed by atoms with Crippen molar-refractivity contribution in [3.63, 3.8) is 0 Å². The second-order valence-corrected chi connectivity index (χ2v) is 5.96. The maximum Gasteiger partial charge on any atom is 0.332 e. The average molecular weight is 341 g/mol. The third kappa shape index (κ3) is 4.24. The predicted molar refractivity (Wildman–Crippen MR) is 90.6 cm³/mol. The normalized spacial score (nSPS) is 17.2. The van der Waals surface area contributed by atoms with Crippen LogP contribution >= 0.6 is 0 Å². The SMILES string of the molecule is N#Cc1cn(-c2cccc(COC[C@H]3CCCCO3)c2)c(=O)[nH]c1=O. The average Bonchev–Trinajstić information content (AvgIpc) is 2.63. The highest BCUT2D eigenvalue weighted by molar-refractivity contribution is 5.37. The molecule has 1 fully saturated rings. The van der Waals surface area contributed by atoms with Crippen molar-refractivity contribution in [1.82, 2.24) is 9.55 Å². The number of rotatable bonds is 5. The van der Waals surface area contributed by atoms with Crippen LogP contribution in [0.3, 0.4) is 0 Å². The summed E-state index contributed by atoms with van der Waals surface area (Å²) in [6, 6.07) is 9.00. The first kappa shape index (κ1) is 17.1. The maximum atomic E-state index is 12.0. The van der Waals surface area contributed by atoms with Gasteiger partial charge >= 0.3 is 5.69 Å². The van der Waals surface area contributed by atoms with Crippen molar-refractivity contribution < 1.29 is 9.47 Å². The van der Waals surface area contributed by atoms with E-state index in [9.17, 15) is 9.59 Å². The van der Waals surface area contributed by atoms with Gasteiger partial charge in [-0.2, -0.15) is 5.26 Å². The molecule has 2 heterocycles. The summed E-state index contributed by atoms with van der Waals surface area (Å²) in [6.45, 7) is 1.73. The summed E-state index contributed by atoms with van der Waals surface area (Å²) in [4.78, 5) is 25.6. The van der Waals surface area contributed by atoms with E-state index >= 15 is 0 Å². The van der Waals surface area contributed by atoms with Gasteiger partial charge in [0.05, 0.1) is 25.0 Å². The van der Waals surface area contributed by atoms with Gasteiger partial charge in [-0.3, -0.25) is 14.3 Å². The minimum atomic E-state index is -0.685. The molecule has 0 saturated carbocycles. The summed E-state index contributed by atoms with van der Waals surface area (Å²) in [7, 11) is 0. The second kappa shape index (κ2) is 7.92. The van der Waals surface area contributed by atoms with Crippen LogP contribution in [0.15, 0.2) is 40.1 Å². The van der Waals surface area contributed by atoms with Crippen LogP contribution in [0, 0.1) is 11.3 Å². The summed E-state index contributed by atoms with van der Waals surface area (Å²) in [5, 5.41) is 8.96. The van der Waals surface area contributed by atoms with E-state index in [1.165, 1.54) is 17.2 Å². The molecule has 1 atom stereocenters. The van der Waals surface area contributed by atoms with Crippen LogP contribution in [0.1, 0.15) is 30.4 Å². The van der Waals surface area contributed by atoms with Crippen molar-refractivity contribution in [2.75, 3.05) is 13.2 Å². The molecular formula is C18H19N3O4. The lowest BCUT2D eigenvalue weighted by Crippen LogP contribution is -2.30. The molecule has 0 unspecified atom stereocenters. The minimum absolute atomic E-state index is 0.115. The molecule has 0 bridgehead atoms. The van der Waals surface area contributed by atoms with Gasteiger partial charge in [0.25, 0.3) is 5.56 Å². The molecule has 1 aromatic heterocycles. The Balaban J connectivity index is 1.72. The van der Waals surface area contributed by atoms with Gasteiger partial charge in [0.2, 0.25) is 0 Å². The van der Waals surface area contributed by atoms with Gasteiger partial charge in [-0.15, -0.1) is 0 Å². The van der Waals surface area contributed by atoms with Crippen LogP contribution in [0.4, 0.5) is 0 Å². The van der Waals surface area contributed by atoms with Crippen molar-refractivity contribution in [2.45, 2.75) is 32.0 Å². The molecule has 1 saturated heterocycles. The standard InChI is InChI=1S/C18H19N3O4/c19-9-14-10-21(18(23)20-17(14)22)15-5-3-4-13(8-15)11-24-12-16-6-1-2-7-25-16/h3-5,8,10,16H,1-2,6-7,11-12H2,(H,20,22,23)/t16-/m1/s1. The van der Waals surface area contributed by atoms with Crippen LogP contribution < -0.4 is 11.2 Å². The summed E-state index contributed by atoms with van der Waals surface area (Å²) in [6.07, 6.45) is 4.69. The zero-order chi connectivity index (χ0) is 17.6. The van der Waals surface area contributed by atoms with Gasteiger partial charge in [0, 0.05) is 12.8 Å². The Morgan fingerprint density at radius 3 is 3.00 bits per heavy atom. The molecule has 0 aliphatic carbocycles. The lowest BCUT2D eigenvalue weighted by atomic mass is 10.1. The third-order valence-electron chi connectivity index (χ3n) is 4.10. The van der Waals surface area contributed by atoms with E-state index in [0.717, 1.165) is 25.0 Å². The van der Waals surface area contributed by atoms with E-state index in [1.54, 1.807) is 24.3 Å². The number of hydrogen-bond donors (Lipinski definition) is 1. The van der Waals surface area contributed by atoms with Crippen LogP contribution in [0.25, 0.3) is 5.69 Å². The number of nitrogens with one attached hydrogen (secondary N) is 1. The Labute approximate surface area is 144 Å². The summed E-state index contributed by atoms with van der Waals surface area (Å²) >= 11 is 0. The second-order valence-electron chi connectivity index (χ2n) is 5.96. The van der Waals surface area contributed by atoms with E-state index in [4.69, 9.17) is 14.7 Å². The Kier molecular flexibility index (Phi) is 5.43. The zero-order valence-electron chi connectivity index (χ0n) is 13.7. The molecule has 7 nitrogen and oxygen atoms in total. The fraction of sp³-hybridized carbons (Fsp3) is 0.389. The van der Waals surface area contributed by atoms with Crippen LogP contribution in [0.2, 0.25) is 0 Å². The van der Waals surface area contributed by atoms with Gasteiger partial charge in [-0.1, -0.05) is 12.1 Å². The number of nitriles is 1. The van der Waals surface area contributed by atoms with Crippen molar-refractivity contribution in [1.29, 1.82) is 5.26 Å². The van der Waals surface area contributed by atoms with E-state index in [-0.39, 0.29) is 11.7 Å². The zero-order valence-corrected chi connectivity index (χ0v) is 13.7. The summed E-state index contributed by atoms with van der Waals surface area (Å²) < 4.78 is 12.6. The number of nitrogens with zero attached hydrogens (tertiary/aromatic N) is 2. The van der Waals surface area contributed by atoms with Crippen molar-refractivity contribution in [3.8, 4) is 11.8 Å². The molecule has 25 heavy (non-hydrogen) atoms. The molecule has 130 valence electrons. The van der Waals surface area contributed by atoms with Gasteiger partial charge in [-0.05, 0) is 37.0 Å². The number of benzene rings is 1. The Morgan fingerprint density at radius 1 is 1.36 bits per heavy atom. The van der Waals surface area contributed by atoms with E-state index in [1.807, 2.05) is 6.07 Å². The Bertz CT molecular complexity index is 888. The number of H-pyrrole nitrogens is 1. The largest absolute Gasteiger partial charge is 0.376 e. The number of aromatic nitrogens is 2. The van der Waals surface area contributed by atoms with Gasteiger partial charge < -0.3 is 9.47 Å². The van der Waals surface area contributed by atoms with Crippen LogP contribution in [-0.2, 0) is 16.1 Å². The highest BCUT2D eigenvalue weighted by Crippen LogP contribution is 2.14. The first-order valence-electron chi connectivity index (χ1n) is 8.22. The molecule has 1 N–H and O–H groups in total. The maximum absolute atomic E-state index is 12.0. The molecule has 7 heteroatoms. The molecule has 1 aliphatic heterocycles. The quantitative estimate of drug-likeness (QED) is 0.888. The van der Waals surface area contributed by atoms with Gasteiger partial charge in [0.15, 0.2) is 0 Å². The van der Waals surface area contributed by atoms with Gasteiger partial charge in [0.1, 0.15) is 11.6 Å². The van der Waals surface area contributed by atoms with Crippen LogP contribution in [0.5, 0.6) is 0 Å².